The Balaban J connectivity index is 1.29. The van der Waals surface area contributed by atoms with Gasteiger partial charge in [-0.1, -0.05) is 12.8 Å². The smallest absolute Gasteiger partial charge is 0.194 e. The number of nitrogens with zero attached hydrogens (tertiary/aromatic N) is 6. The van der Waals surface area contributed by atoms with Crippen molar-refractivity contribution in [2.45, 2.75) is 58.1 Å². The van der Waals surface area contributed by atoms with E-state index in [1.54, 1.807) is 0 Å². The molecule has 0 unspecified atom stereocenters. The van der Waals surface area contributed by atoms with E-state index in [0.29, 0.717) is 12.6 Å². The van der Waals surface area contributed by atoms with Crippen molar-refractivity contribution < 1.29 is 9.47 Å². The highest BCUT2D eigenvalue weighted by Gasteiger charge is 2.24. The largest absolute Gasteiger partial charge is 0.379 e. The van der Waals surface area contributed by atoms with Gasteiger partial charge in [-0.15, -0.1) is 10.2 Å². The van der Waals surface area contributed by atoms with Crippen LogP contribution in [0.15, 0.2) is 4.99 Å². The number of nitrogens with one attached hydrogen (secondary N) is 1. The number of hydrogen-bond donors (Lipinski definition) is 1. The van der Waals surface area contributed by atoms with Gasteiger partial charge < -0.3 is 24.3 Å². The molecule has 3 aliphatic rings. The van der Waals surface area contributed by atoms with Crippen molar-refractivity contribution in [3.05, 3.63) is 11.6 Å². The normalized spacial score (nSPS) is 22.1. The third kappa shape index (κ3) is 6.65. The summed E-state index contributed by atoms with van der Waals surface area (Å²) >= 11 is 0. The number of piperidine rings is 1. The number of aromatic nitrogens is 3. The summed E-state index contributed by atoms with van der Waals surface area (Å²) in [5.74, 6) is 3.58. The van der Waals surface area contributed by atoms with E-state index < -0.39 is 0 Å². The second kappa shape index (κ2) is 12.0. The first-order chi connectivity index (χ1) is 15.7. The van der Waals surface area contributed by atoms with Crippen LogP contribution in [0.4, 0.5) is 0 Å². The zero-order valence-electron chi connectivity index (χ0n) is 20.0. The van der Waals surface area contributed by atoms with Gasteiger partial charge in [-0.25, -0.2) is 4.99 Å². The highest BCUT2D eigenvalue weighted by Crippen LogP contribution is 2.26. The molecular formula is C23H41N7O2. The van der Waals surface area contributed by atoms with Gasteiger partial charge in [0.05, 0.1) is 19.3 Å². The molecular weight excluding hydrogens is 406 g/mol. The minimum Gasteiger partial charge on any atom is -0.379 e. The fourth-order valence-electron chi connectivity index (χ4n) is 4.84. The van der Waals surface area contributed by atoms with Crippen LogP contribution in [0.5, 0.6) is 0 Å². The van der Waals surface area contributed by atoms with Crippen LogP contribution >= 0.6 is 0 Å². The van der Waals surface area contributed by atoms with E-state index in [0.717, 1.165) is 95.5 Å². The predicted octanol–water partition coefficient (Wildman–Crippen LogP) is 1.57. The van der Waals surface area contributed by atoms with Crippen molar-refractivity contribution in [2.75, 3.05) is 59.1 Å². The summed E-state index contributed by atoms with van der Waals surface area (Å²) in [5.41, 5.74) is 0. The summed E-state index contributed by atoms with van der Waals surface area (Å²) in [4.78, 5) is 9.77. The summed E-state index contributed by atoms with van der Waals surface area (Å²) in [6, 6.07) is 0. The number of guanidine groups is 1. The molecule has 9 heteroatoms. The van der Waals surface area contributed by atoms with Crippen LogP contribution in [-0.4, -0.2) is 95.7 Å². The highest BCUT2D eigenvalue weighted by molar-refractivity contribution is 5.80. The molecule has 1 saturated carbocycles. The zero-order chi connectivity index (χ0) is 22.2. The van der Waals surface area contributed by atoms with E-state index in [4.69, 9.17) is 14.5 Å². The number of aliphatic imine (C=N–C) groups is 1. The second-order valence-electron chi connectivity index (χ2n) is 9.41. The Morgan fingerprint density at radius 1 is 1.09 bits per heavy atom. The third-order valence-electron chi connectivity index (χ3n) is 7.15. The maximum Gasteiger partial charge on any atom is 0.194 e. The first-order valence-corrected chi connectivity index (χ1v) is 12.5. The molecule has 0 radical (unpaired) electrons. The number of rotatable bonds is 8. The van der Waals surface area contributed by atoms with Crippen molar-refractivity contribution in [1.82, 2.24) is 29.9 Å². The van der Waals surface area contributed by atoms with Crippen LogP contribution in [-0.2, 0) is 23.1 Å². The SMILES string of the molecule is Cc1nnc(CN=C(NCCN2CCOCC2)N2CCC(OCC3CCCC3)CC2)n1C. The van der Waals surface area contributed by atoms with E-state index >= 15 is 0 Å². The quantitative estimate of drug-likeness (QED) is 0.479. The molecule has 0 aromatic carbocycles. The van der Waals surface area contributed by atoms with Crippen molar-refractivity contribution in [3.8, 4) is 0 Å². The molecule has 1 aromatic rings. The Labute approximate surface area is 192 Å². The molecule has 3 heterocycles. The fraction of sp³-hybridized carbons (Fsp3) is 0.870. The van der Waals surface area contributed by atoms with Gasteiger partial charge in [0, 0.05) is 52.9 Å². The van der Waals surface area contributed by atoms with Crippen LogP contribution in [0, 0.1) is 12.8 Å². The van der Waals surface area contributed by atoms with Gasteiger partial charge >= 0.3 is 0 Å². The van der Waals surface area contributed by atoms with Crippen molar-refractivity contribution >= 4 is 5.96 Å². The van der Waals surface area contributed by atoms with E-state index in [9.17, 15) is 0 Å². The minimum atomic E-state index is 0.392. The second-order valence-corrected chi connectivity index (χ2v) is 9.41. The van der Waals surface area contributed by atoms with Gasteiger partial charge in [0.1, 0.15) is 12.4 Å². The molecule has 180 valence electrons. The summed E-state index contributed by atoms with van der Waals surface area (Å²) in [6.45, 7) is 11.0. The Morgan fingerprint density at radius 2 is 1.84 bits per heavy atom. The van der Waals surface area contributed by atoms with E-state index in [1.807, 2.05) is 18.5 Å². The van der Waals surface area contributed by atoms with Crippen molar-refractivity contribution in [1.29, 1.82) is 0 Å². The average molecular weight is 448 g/mol. The van der Waals surface area contributed by atoms with Crippen LogP contribution in [0.3, 0.4) is 0 Å². The summed E-state index contributed by atoms with van der Waals surface area (Å²) in [6.07, 6.45) is 8.00. The topological polar surface area (TPSA) is 80.0 Å². The van der Waals surface area contributed by atoms with Crippen LogP contribution in [0.25, 0.3) is 0 Å². The Hall–Kier alpha value is -1.71. The Kier molecular flexibility index (Phi) is 8.76. The number of likely N-dealkylation sites (tertiary alicyclic amines) is 1. The Morgan fingerprint density at radius 3 is 2.53 bits per heavy atom. The molecule has 2 aliphatic heterocycles. The van der Waals surface area contributed by atoms with Crippen LogP contribution in [0.2, 0.25) is 0 Å². The lowest BCUT2D eigenvalue weighted by atomic mass is 10.1. The molecule has 9 nitrogen and oxygen atoms in total. The minimum absolute atomic E-state index is 0.392. The first-order valence-electron chi connectivity index (χ1n) is 12.5. The Bertz CT molecular complexity index is 718. The van der Waals surface area contributed by atoms with Gasteiger partial charge in [-0.3, -0.25) is 4.90 Å². The van der Waals surface area contributed by atoms with E-state index in [-0.39, 0.29) is 0 Å². The summed E-state index contributed by atoms with van der Waals surface area (Å²) < 4.78 is 13.8. The standard InChI is InChI=1S/C23H41N7O2/c1-19-26-27-22(28(19)2)17-25-23(24-9-12-29-13-15-31-16-14-29)30-10-7-21(8-11-30)32-18-20-5-3-4-6-20/h20-21H,3-18H2,1-2H3,(H,24,25). The zero-order valence-corrected chi connectivity index (χ0v) is 20.0. The van der Waals surface area contributed by atoms with Crippen LogP contribution in [0.1, 0.15) is 50.2 Å². The molecule has 2 saturated heterocycles. The van der Waals surface area contributed by atoms with E-state index in [1.165, 1.54) is 25.7 Å². The maximum atomic E-state index is 6.28. The fourth-order valence-corrected chi connectivity index (χ4v) is 4.84. The predicted molar refractivity (Wildman–Crippen MR) is 125 cm³/mol. The lowest BCUT2D eigenvalue weighted by Crippen LogP contribution is -2.49. The molecule has 0 bridgehead atoms. The molecule has 32 heavy (non-hydrogen) atoms. The number of morpholine rings is 1. The summed E-state index contributed by atoms with van der Waals surface area (Å²) in [7, 11) is 2.00. The van der Waals surface area contributed by atoms with Gasteiger partial charge in [0.2, 0.25) is 0 Å². The van der Waals surface area contributed by atoms with E-state index in [2.05, 4.69) is 25.3 Å². The molecule has 0 amide bonds. The van der Waals surface area contributed by atoms with Crippen molar-refractivity contribution in [3.63, 3.8) is 0 Å². The average Bonchev–Trinajstić information content (AvgIpc) is 3.46. The number of hydrogen-bond acceptors (Lipinski definition) is 6. The summed E-state index contributed by atoms with van der Waals surface area (Å²) in [5, 5.41) is 12.1. The number of ether oxygens (including phenoxy) is 2. The lowest BCUT2D eigenvalue weighted by Gasteiger charge is -2.35. The lowest BCUT2D eigenvalue weighted by molar-refractivity contribution is 0.000940. The monoisotopic (exact) mass is 447 g/mol. The van der Waals surface area contributed by atoms with Gasteiger partial charge in [0.15, 0.2) is 11.8 Å². The molecule has 1 N–H and O–H groups in total. The van der Waals surface area contributed by atoms with Crippen molar-refractivity contribution in [2.24, 2.45) is 18.0 Å². The van der Waals surface area contributed by atoms with Gasteiger partial charge in [0.25, 0.3) is 0 Å². The van der Waals surface area contributed by atoms with Gasteiger partial charge in [-0.05, 0) is 38.5 Å². The van der Waals surface area contributed by atoms with Gasteiger partial charge in [-0.2, -0.15) is 0 Å². The highest BCUT2D eigenvalue weighted by atomic mass is 16.5. The molecule has 4 rings (SSSR count). The first kappa shape index (κ1) is 23.4. The third-order valence-corrected chi connectivity index (χ3v) is 7.15. The molecule has 0 spiro atoms. The van der Waals surface area contributed by atoms with Crippen LogP contribution < -0.4 is 5.32 Å². The maximum absolute atomic E-state index is 6.28. The molecule has 1 aromatic heterocycles. The molecule has 1 aliphatic carbocycles. The number of aryl methyl sites for hydroxylation is 1. The molecule has 3 fully saturated rings. The molecule has 0 atom stereocenters.